The van der Waals surface area contributed by atoms with Crippen molar-refractivity contribution in [2.75, 3.05) is 31.1 Å². The standard InChI is InChI=1S/C20H21N5O/c21-14-18-19(23-8-7-22-18)24-9-4-10-25(12-11-24)20(26)17-13-16(17)15-5-2-1-3-6-15/h1-3,5-8,16-17H,4,9-13H2/t16-,17+/m0/s1. The third-order valence-electron chi connectivity index (χ3n) is 5.23. The van der Waals surface area contributed by atoms with E-state index in [1.54, 1.807) is 6.20 Å². The Morgan fingerprint density at radius 1 is 1.08 bits per heavy atom. The first-order valence-corrected chi connectivity index (χ1v) is 9.07. The number of amides is 1. The van der Waals surface area contributed by atoms with Crippen molar-refractivity contribution in [3.63, 3.8) is 0 Å². The highest BCUT2D eigenvalue weighted by Crippen LogP contribution is 2.48. The minimum atomic E-state index is 0.120. The molecule has 1 saturated heterocycles. The molecule has 2 atom stereocenters. The van der Waals surface area contributed by atoms with E-state index < -0.39 is 0 Å². The van der Waals surface area contributed by atoms with Gasteiger partial charge in [0, 0.05) is 44.5 Å². The summed E-state index contributed by atoms with van der Waals surface area (Å²) in [7, 11) is 0. The first-order chi connectivity index (χ1) is 12.8. The third-order valence-corrected chi connectivity index (χ3v) is 5.23. The van der Waals surface area contributed by atoms with E-state index in [1.165, 1.54) is 11.8 Å². The molecule has 26 heavy (non-hydrogen) atoms. The second-order valence-electron chi connectivity index (χ2n) is 6.87. The fraction of sp³-hybridized carbons (Fsp3) is 0.400. The van der Waals surface area contributed by atoms with Gasteiger partial charge in [0.1, 0.15) is 6.07 Å². The molecule has 1 aliphatic carbocycles. The Balaban J connectivity index is 1.40. The summed E-state index contributed by atoms with van der Waals surface area (Å²) in [6, 6.07) is 12.4. The van der Waals surface area contributed by atoms with Gasteiger partial charge in [-0.3, -0.25) is 4.79 Å². The van der Waals surface area contributed by atoms with Gasteiger partial charge in [-0.25, -0.2) is 9.97 Å². The van der Waals surface area contributed by atoms with Gasteiger partial charge in [-0.2, -0.15) is 5.26 Å². The van der Waals surface area contributed by atoms with E-state index in [9.17, 15) is 10.1 Å². The predicted octanol–water partition coefficient (Wildman–Crippen LogP) is 2.19. The van der Waals surface area contributed by atoms with Crippen LogP contribution in [0.1, 0.15) is 30.0 Å². The summed E-state index contributed by atoms with van der Waals surface area (Å²) in [5.41, 5.74) is 1.61. The Bertz CT molecular complexity index is 832. The number of aromatic nitrogens is 2. The molecule has 1 aliphatic heterocycles. The largest absolute Gasteiger partial charge is 0.352 e. The van der Waals surface area contributed by atoms with Crippen molar-refractivity contribution in [3.05, 3.63) is 54.0 Å². The van der Waals surface area contributed by atoms with Crippen LogP contribution in [0.5, 0.6) is 0 Å². The molecule has 1 aromatic heterocycles. The lowest BCUT2D eigenvalue weighted by Crippen LogP contribution is -2.36. The lowest BCUT2D eigenvalue weighted by atomic mass is 10.1. The maximum atomic E-state index is 12.9. The zero-order chi connectivity index (χ0) is 17.9. The smallest absolute Gasteiger partial charge is 0.226 e. The summed E-state index contributed by atoms with van der Waals surface area (Å²) in [5, 5.41) is 9.23. The van der Waals surface area contributed by atoms with Crippen LogP contribution in [0.15, 0.2) is 42.7 Å². The Morgan fingerprint density at radius 2 is 1.88 bits per heavy atom. The van der Waals surface area contributed by atoms with Crippen molar-refractivity contribution in [1.82, 2.24) is 14.9 Å². The highest BCUT2D eigenvalue weighted by atomic mass is 16.2. The molecule has 2 aliphatic rings. The molecule has 2 heterocycles. The number of carbonyl (C=O) groups excluding carboxylic acids is 1. The molecule has 6 heteroatoms. The average Bonchev–Trinajstić information content (AvgIpc) is 3.52. The number of carbonyl (C=O) groups is 1. The van der Waals surface area contributed by atoms with Crippen LogP contribution in [0.25, 0.3) is 0 Å². The number of rotatable bonds is 3. The quantitative estimate of drug-likeness (QED) is 0.851. The Hall–Kier alpha value is -2.94. The van der Waals surface area contributed by atoms with Crippen molar-refractivity contribution in [3.8, 4) is 6.07 Å². The number of nitrogens with zero attached hydrogens (tertiary/aromatic N) is 5. The van der Waals surface area contributed by atoms with Gasteiger partial charge in [0.2, 0.25) is 5.91 Å². The molecule has 1 saturated carbocycles. The summed E-state index contributed by atoms with van der Waals surface area (Å²) in [4.78, 5) is 25.4. The zero-order valence-corrected chi connectivity index (χ0v) is 14.6. The molecule has 0 unspecified atom stereocenters. The second kappa shape index (κ2) is 7.12. The van der Waals surface area contributed by atoms with Crippen molar-refractivity contribution in [2.24, 2.45) is 5.92 Å². The lowest BCUT2D eigenvalue weighted by Gasteiger charge is -2.23. The second-order valence-corrected chi connectivity index (χ2v) is 6.87. The highest BCUT2D eigenvalue weighted by molar-refractivity contribution is 5.83. The third kappa shape index (κ3) is 3.25. The van der Waals surface area contributed by atoms with Crippen molar-refractivity contribution in [2.45, 2.75) is 18.8 Å². The molecule has 1 aromatic carbocycles. The number of anilines is 1. The SMILES string of the molecule is N#Cc1nccnc1N1CCCN(C(=O)[C@@H]2C[C@H]2c2ccccc2)CC1. The van der Waals surface area contributed by atoms with Gasteiger partial charge in [0.05, 0.1) is 0 Å². The molecule has 0 radical (unpaired) electrons. The maximum absolute atomic E-state index is 12.9. The van der Waals surface area contributed by atoms with Crippen LogP contribution in [-0.4, -0.2) is 47.0 Å². The minimum Gasteiger partial charge on any atom is -0.352 e. The van der Waals surface area contributed by atoms with E-state index in [-0.39, 0.29) is 11.8 Å². The van der Waals surface area contributed by atoms with Crippen LogP contribution in [-0.2, 0) is 4.79 Å². The van der Waals surface area contributed by atoms with Crippen molar-refractivity contribution >= 4 is 11.7 Å². The minimum absolute atomic E-state index is 0.120. The van der Waals surface area contributed by atoms with Crippen molar-refractivity contribution in [1.29, 1.82) is 5.26 Å². The fourth-order valence-corrected chi connectivity index (χ4v) is 3.76. The van der Waals surface area contributed by atoms with E-state index in [4.69, 9.17) is 0 Å². The number of hydrogen-bond acceptors (Lipinski definition) is 5. The normalized spacial score (nSPS) is 22.4. The molecule has 1 amide bonds. The summed E-state index contributed by atoms with van der Waals surface area (Å²) >= 11 is 0. The molecular formula is C20H21N5O. The summed E-state index contributed by atoms with van der Waals surface area (Å²) < 4.78 is 0. The van der Waals surface area contributed by atoms with Gasteiger partial charge in [0.25, 0.3) is 0 Å². The fourth-order valence-electron chi connectivity index (χ4n) is 3.76. The highest BCUT2D eigenvalue weighted by Gasteiger charge is 2.45. The molecule has 6 nitrogen and oxygen atoms in total. The maximum Gasteiger partial charge on any atom is 0.226 e. The summed E-state index contributed by atoms with van der Waals surface area (Å²) in [6.07, 6.45) is 4.97. The Morgan fingerprint density at radius 3 is 2.69 bits per heavy atom. The summed E-state index contributed by atoms with van der Waals surface area (Å²) in [5.74, 6) is 1.38. The topological polar surface area (TPSA) is 73.1 Å². The molecule has 0 spiro atoms. The molecule has 0 bridgehead atoms. The molecule has 132 valence electrons. The lowest BCUT2D eigenvalue weighted by molar-refractivity contribution is -0.132. The van der Waals surface area contributed by atoms with Crippen LogP contribution in [0.2, 0.25) is 0 Å². The first kappa shape index (κ1) is 16.5. The van der Waals surface area contributed by atoms with E-state index in [2.05, 4.69) is 33.1 Å². The van der Waals surface area contributed by atoms with Crippen molar-refractivity contribution < 1.29 is 4.79 Å². The van der Waals surface area contributed by atoms with E-state index in [0.29, 0.717) is 30.5 Å². The van der Waals surface area contributed by atoms with Gasteiger partial charge in [-0.1, -0.05) is 30.3 Å². The molecule has 4 rings (SSSR count). The summed E-state index contributed by atoms with van der Waals surface area (Å²) in [6.45, 7) is 2.89. The Kier molecular flexibility index (Phi) is 4.53. The molecule has 2 fully saturated rings. The first-order valence-electron chi connectivity index (χ1n) is 9.07. The van der Waals surface area contributed by atoms with Gasteiger partial charge >= 0.3 is 0 Å². The van der Waals surface area contributed by atoms with E-state index in [0.717, 1.165) is 25.9 Å². The van der Waals surface area contributed by atoms with Crippen LogP contribution in [0.3, 0.4) is 0 Å². The number of nitriles is 1. The molecule has 2 aromatic rings. The van der Waals surface area contributed by atoms with Crippen LogP contribution >= 0.6 is 0 Å². The number of hydrogen-bond donors (Lipinski definition) is 0. The Labute approximate surface area is 153 Å². The van der Waals surface area contributed by atoms with Gasteiger partial charge in [-0.05, 0) is 24.3 Å². The van der Waals surface area contributed by atoms with Gasteiger partial charge in [0.15, 0.2) is 11.5 Å². The van der Waals surface area contributed by atoms with E-state index >= 15 is 0 Å². The van der Waals surface area contributed by atoms with Crippen LogP contribution in [0.4, 0.5) is 5.82 Å². The zero-order valence-electron chi connectivity index (χ0n) is 14.6. The van der Waals surface area contributed by atoms with Crippen LogP contribution in [0, 0.1) is 17.2 Å². The number of benzene rings is 1. The monoisotopic (exact) mass is 347 g/mol. The molecule has 0 N–H and O–H groups in total. The van der Waals surface area contributed by atoms with Crippen LogP contribution < -0.4 is 4.90 Å². The molecular weight excluding hydrogens is 326 g/mol. The van der Waals surface area contributed by atoms with Gasteiger partial charge < -0.3 is 9.80 Å². The predicted molar refractivity (Wildman–Crippen MR) is 97.4 cm³/mol. The van der Waals surface area contributed by atoms with E-state index in [1.807, 2.05) is 23.1 Å². The average molecular weight is 347 g/mol. The van der Waals surface area contributed by atoms with Gasteiger partial charge in [-0.15, -0.1) is 0 Å².